The molecule has 2 atom stereocenters. The van der Waals surface area contributed by atoms with Crippen LogP contribution in [0.2, 0.25) is 0 Å². The Morgan fingerprint density at radius 2 is 1.44 bits per heavy atom. The van der Waals surface area contributed by atoms with Crippen molar-refractivity contribution in [3.8, 4) is 0 Å². The van der Waals surface area contributed by atoms with Gasteiger partial charge in [-0.2, -0.15) is 0 Å². The van der Waals surface area contributed by atoms with Gasteiger partial charge in [-0.1, -0.05) is 13.8 Å². The molecular formula is C14H33N3O. The SMILES string of the molecule is CC.CC1CC(N2CCNCC2)CC(C)O1.CN. The largest absolute Gasteiger partial charge is 0.375 e. The fourth-order valence-electron chi connectivity index (χ4n) is 2.72. The zero-order chi connectivity index (χ0) is 14.0. The maximum absolute atomic E-state index is 5.76. The Labute approximate surface area is 113 Å². The number of nitrogens with two attached hydrogens (primary N) is 1. The molecule has 110 valence electrons. The summed E-state index contributed by atoms with van der Waals surface area (Å²) in [6.45, 7) is 13.1. The zero-order valence-electron chi connectivity index (χ0n) is 12.9. The fourth-order valence-corrected chi connectivity index (χ4v) is 2.72. The molecule has 0 aliphatic carbocycles. The Kier molecular flexibility index (Phi) is 10.6. The van der Waals surface area contributed by atoms with Crippen LogP contribution in [0.5, 0.6) is 0 Å². The Bertz CT molecular complexity index is 174. The van der Waals surface area contributed by atoms with Crippen molar-refractivity contribution in [2.75, 3.05) is 33.2 Å². The van der Waals surface area contributed by atoms with E-state index in [1.165, 1.54) is 33.0 Å². The first kappa shape index (κ1) is 17.8. The standard InChI is InChI=1S/C11H22N2O.C2H6.CH5N/c1-9-7-11(8-10(2)14-9)13-5-3-12-4-6-13;2*1-2/h9-12H,3-8H2,1-2H3;1-2H3;2H2,1H3. The van der Waals surface area contributed by atoms with Crippen LogP contribution in [0.4, 0.5) is 0 Å². The first-order valence-corrected chi connectivity index (χ1v) is 7.43. The zero-order valence-corrected chi connectivity index (χ0v) is 12.9. The minimum Gasteiger partial charge on any atom is -0.375 e. The van der Waals surface area contributed by atoms with E-state index in [9.17, 15) is 0 Å². The van der Waals surface area contributed by atoms with Crippen LogP contribution in [0, 0.1) is 0 Å². The molecule has 0 radical (unpaired) electrons. The van der Waals surface area contributed by atoms with Crippen LogP contribution in [-0.2, 0) is 4.74 Å². The van der Waals surface area contributed by atoms with Crippen LogP contribution in [0.25, 0.3) is 0 Å². The van der Waals surface area contributed by atoms with Gasteiger partial charge in [0.25, 0.3) is 0 Å². The van der Waals surface area contributed by atoms with Gasteiger partial charge in [-0.05, 0) is 33.7 Å². The maximum atomic E-state index is 5.76. The predicted molar refractivity (Wildman–Crippen MR) is 78.9 cm³/mol. The maximum Gasteiger partial charge on any atom is 0.0565 e. The number of nitrogens with zero attached hydrogens (tertiary/aromatic N) is 1. The molecule has 0 aromatic carbocycles. The molecule has 2 fully saturated rings. The van der Waals surface area contributed by atoms with Crippen molar-refractivity contribution in [1.82, 2.24) is 10.2 Å². The molecule has 4 nitrogen and oxygen atoms in total. The molecule has 0 aromatic rings. The summed E-state index contributed by atoms with van der Waals surface area (Å²) in [5, 5.41) is 3.40. The number of hydrogen-bond acceptors (Lipinski definition) is 4. The Hall–Kier alpha value is -0.160. The predicted octanol–water partition coefficient (Wildman–Crippen LogP) is 1.45. The van der Waals surface area contributed by atoms with Crippen LogP contribution in [0.1, 0.15) is 40.5 Å². The van der Waals surface area contributed by atoms with E-state index in [4.69, 9.17) is 4.74 Å². The lowest BCUT2D eigenvalue weighted by molar-refractivity contribution is -0.0666. The average Bonchev–Trinajstić information content (AvgIpc) is 2.43. The highest BCUT2D eigenvalue weighted by atomic mass is 16.5. The van der Waals surface area contributed by atoms with E-state index in [-0.39, 0.29) is 0 Å². The summed E-state index contributed by atoms with van der Waals surface area (Å²) in [7, 11) is 1.50. The second-order valence-corrected chi connectivity index (χ2v) is 4.67. The summed E-state index contributed by atoms with van der Waals surface area (Å²) in [6, 6.07) is 0.760. The van der Waals surface area contributed by atoms with Crippen molar-refractivity contribution in [2.24, 2.45) is 5.73 Å². The average molecular weight is 259 g/mol. The number of piperazine rings is 1. The third kappa shape index (κ3) is 6.14. The Morgan fingerprint density at radius 1 is 1.00 bits per heavy atom. The number of rotatable bonds is 1. The van der Waals surface area contributed by atoms with Crippen LogP contribution >= 0.6 is 0 Å². The van der Waals surface area contributed by atoms with E-state index in [0.717, 1.165) is 19.1 Å². The molecule has 4 heteroatoms. The molecule has 2 rings (SSSR count). The van der Waals surface area contributed by atoms with Crippen LogP contribution in [-0.4, -0.2) is 56.4 Å². The van der Waals surface area contributed by atoms with E-state index >= 15 is 0 Å². The fraction of sp³-hybridized carbons (Fsp3) is 1.00. The van der Waals surface area contributed by atoms with Gasteiger partial charge in [0.05, 0.1) is 12.2 Å². The van der Waals surface area contributed by atoms with Crippen molar-refractivity contribution in [3.63, 3.8) is 0 Å². The Morgan fingerprint density at radius 3 is 1.89 bits per heavy atom. The number of nitrogens with one attached hydrogen (secondary N) is 1. The third-order valence-corrected chi connectivity index (χ3v) is 3.34. The first-order valence-electron chi connectivity index (χ1n) is 7.43. The van der Waals surface area contributed by atoms with E-state index < -0.39 is 0 Å². The van der Waals surface area contributed by atoms with Gasteiger partial charge in [-0.25, -0.2) is 0 Å². The molecule has 2 unspecified atom stereocenters. The van der Waals surface area contributed by atoms with Gasteiger partial charge in [0.15, 0.2) is 0 Å². The van der Waals surface area contributed by atoms with Crippen molar-refractivity contribution in [2.45, 2.75) is 58.8 Å². The van der Waals surface area contributed by atoms with E-state index in [0.29, 0.717) is 12.2 Å². The lowest BCUT2D eigenvalue weighted by Gasteiger charge is -2.41. The lowest BCUT2D eigenvalue weighted by Crippen LogP contribution is -2.51. The molecule has 0 bridgehead atoms. The van der Waals surface area contributed by atoms with Crippen LogP contribution < -0.4 is 11.1 Å². The van der Waals surface area contributed by atoms with Gasteiger partial charge >= 0.3 is 0 Å². The van der Waals surface area contributed by atoms with E-state index in [1.807, 2.05) is 13.8 Å². The second-order valence-electron chi connectivity index (χ2n) is 4.67. The minimum absolute atomic E-state index is 0.443. The van der Waals surface area contributed by atoms with Crippen molar-refractivity contribution < 1.29 is 4.74 Å². The van der Waals surface area contributed by atoms with E-state index in [2.05, 4.69) is 29.8 Å². The quantitative estimate of drug-likeness (QED) is 0.748. The molecule has 2 aliphatic rings. The summed E-state index contributed by atoms with van der Waals surface area (Å²) in [5.41, 5.74) is 4.50. The Balaban J connectivity index is 0.000000659. The first-order chi connectivity index (χ1) is 8.75. The van der Waals surface area contributed by atoms with E-state index in [1.54, 1.807) is 0 Å². The summed E-state index contributed by atoms with van der Waals surface area (Å²) in [6.07, 6.45) is 3.31. The molecular weight excluding hydrogens is 226 g/mol. The molecule has 3 N–H and O–H groups in total. The van der Waals surface area contributed by atoms with Gasteiger partial charge in [0.2, 0.25) is 0 Å². The van der Waals surface area contributed by atoms with Crippen molar-refractivity contribution in [1.29, 1.82) is 0 Å². The van der Waals surface area contributed by atoms with Gasteiger partial charge < -0.3 is 15.8 Å². The molecule has 0 spiro atoms. The van der Waals surface area contributed by atoms with Crippen molar-refractivity contribution >= 4 is 0 Å². The third-order valence-electron chi connectivity index (χ3n) is 3.34. The monoisotopic (exact) mass is 259 g/mol. The molecule has 18 heavy (non-hydrogen) atoms. The lowest BCUT2D eigenvalue weighted by atomic mass is 9.98. The summed E-state index contributed by atoms with van der Waals surface area (Å²) >= 11 is 0. The topological polar surface area (TPSA) is 50.5 Å². The van der Waals surface area contributed by atoms with Gasteiger partial charge in [-0.3, -0.25) is 4.90 Å². The molecule has 0 aromatic heterocycles. The highest BCUT2D eigenvalue weighted by Crippen LogP contribution is 2.23. The number of hydrogen-bond donors (Lipinski definition) is 2. The minimum atomic E-state index is 0.443. The van der Waals surface area contributed by atoms with Gasteiger partial charge in [0, 0.05) is 32.2 Å². The van der Waals surface area contributed by atoms with Crippen LogP contribution in [0.15, 0.2) is 0 Å². The molecule has 0 amide bonds. The van der Waals surface area contributed by atoms with Crippen molar-refractivity contribution in [3.05, 3.63) is 0 Å². The summed E-state index contributed by atoms with van der Waals surface area (Å²) in [5.74, 6) is 0. The highest BCUT2D eigenvalue weighted by Gasteiger charge is 2.29. The smallest absolute Gasteiger partial charge is 0.0565 e. The molecule has 2 aliphatic heterocycles. The second kappa shape index (κ2) is 10.7. The molecule has 2 saturated heterocycles. The van der Waals surface area contributed by atoms with Gasteiger partial charge in [0.1, 0.15) is 0 Å². The molecule has 0 saturated carbocycles. The molecule has 2 heterocycles. The van der Waals surface area contributed by atoms with Gasteiger partial charge in [-0.15, -0.1) is 0 Å². The summed E-state index contributed by atoms with van der Waals surface area (Å²) in [4.78, 5) is 2.63. The van der Waals surface area contributed by atoms with Crippen LogP contribution in [0.3, 0.4) is 0 Å². The number of ether oxygens (including phenoxy) is 1. The summed E-state index contributed by atoms with van der Waals surface area (Å²) < 4.78 is 5.76. The highest BCUT2D eigenvalue weighted by molar-refractivity contribution is 4.83. The normalized spacial score (nSPS) is 32.7.